The monoisotopic (exact) mass is 245 g/mol. The van der Waals surface area contributed by atoms with Crippen molar-refractivity contribution >= 4 is 0 Å². The average molecular weight is 245 g/mol. The van der Waals surface area contributed by atoms with Crippen LogP contribution in [-0.2, 0) is 0 Å². The third-order valence-corrected chi connectivity index (χ3v) is 4.35. The summed E-state index contributed by atoms with van der Waals surface area (Å²) in [6.45, 7) is 9.31. The molecule has 2 rings (SSSR count). The van der Waals surface area contributed by atoms with Crippen LogP contribution < -0.4 is 5.32 Å². The Morgan fingerprint density at radius 1 is 1.28 bits per heavy atom. The van der Waals surface area contributed by atoms with E-state index < -0.39 is 0 Å². The quantitative estimate of drug-likeness (QED) is 0.819. The van der Waals surface area contributed by atoms with Gasteiger partial charge in [-0.2, -0.15) is 0 Å². The normalized spacial score (nSPS) is 24.8. The van der Waals surface area contributed by atoms with E-state index in [0.717, 1.165) is 0 Å². The van der Waals surface area contributed by atoms with Crippen LogP contribution in [0.5, 0.6) is 0 Å². The molecule has 1 fully saturated rings. The first-order chi connectivity index (χ1) is 8.48. The molecule has 0 aliphatic heterocycles. The number of nitrogens with one attached hydrogen (secondary N) is 1. The molecule has 1 aromatic carbocycles. The number of rotatable bonds is 3. The zero-order valence-electron chi connectivity index (χ0n) is 12.3. The summed E-state index contributed by atoms with van der Waals surface area (Å²) in [4.78, 5) is 0. The van der Waals surface area contributed by atoms with Gasteiger partial charge < -0.3 is 5.32 Å². The predicted octanol–water partition coefficient (Wildman–Crippen LogP) is 4.61. The molecule has 18 heavy (non-hydrogen) atoms. The summed E-state index contributed by atoms with van der Waals surface area (Å²) >= 11 is 0. The molecule has 0 heterocycles. The third-order valence-electron chi connectivity index (χ3n) is 4.35. The molecule has 0 radical (unpaired) electrons. The van der Waals surface area contributed by atoms with E-state index in [2.05, 4.69) is 57.3 Å². The second-order valence-electron chi connectivity index (χ2n) is 6.70. The van der Waals surface area contributed by atoms with Crippen molar-refractivity contribution in [3.8, 4) is 0 Å². The van der Waals surface area contributed by atoms with Crippen molar-refractivity contribution < 1.29 is 0 Å². The Hall–Kier alpha value is -0.820. The van der Waals surface area contributed by atoms with Crippen LogP contribution in [0.1, 0.15) is 63.6 Å². The summed E-state index contributed by atoms with van der Waals surface area (Å²) in [7, 11) is 0. The largest absolute Gasteiger partial charge is 0.307 e. The van der Waals surface area contributed by atoms with E-state index in [0.29, 0.717) is 17.5 Å². The Morgan fingerprint density at radius 3 is 2.67 bits per heavy atom. The van der Waals surface area contributed by atoms with Gasteiger partial charge in [-0.15, -0.1) is 0 Å². The molecular weight excluding hydrogens is 218 g/mol. The minimum atomic E-state index is 0.463. The van der Waals surface area contributed by atoms with Gasteiger partial charge in [-0.25, -0.2) is 0 Å². The maximum atomic E-state index is 3.83. The second kappa shape index (κ2) is 5.44. The highest BCUT2D eigenvalue weighted by atomic mass is 14.9. The molecule has 0 spiro atoms. The average Bonchev–Trinajstić information content (AvgIpc) is 2.28. The predicted molar refractivity (Wildman–Crippen MR) is 78.8 cm³/mol. The van der Waals surface area contributed by atoms with Gasteiger partial charge in [-0.1, -0.05) is 44.5 Å². The number of hydrogen-bond donors (Lipinski definition) is 1. The molecular formula is C17H27N. The Balaban J connectivity index is 1.99. The molecule has 1 aliphatic rings. The van der Waals surface area contributed by atoms with Gasteiger partial charge in [0.1, 0.15) is 0 Å². The molecule has 1 nitrogen and oxygen atoms in total. The van der Waals surface area contributed by atoms with E-state index in [4.69, 9.17) is 0 Å². The van der Waals surface area contributed by atoms with Gasteiger partial charge in [-0.3, -0.25) is 0 Å². The zero-order valence-corrected chi connectivity index (χ0v) is 12.3. The van der Waals surface area contributed by atoms with E-state index in [-0.39, 0.29) is 0 Å². The highest BCUT2D eigenvalue weighted by Gasteiger charge is 2.28. The summed E-state index contributed by atoms with van der Waals surface area (Å²) in [6.07, 6.45) is 5.39. The number of benzene rings is 1. The van der Waals surface area contributed by atoms with Crippen molar-refractivity contribution in [3.05, 3.63) is 35.4 Å². The van der Waals surface area contributed by atoms with Crippen LogP contribution in [0, 0.1) is 12.3 Å². The van der Waals surface area contributed by atoms with E-state index in [9.17, 15) is 0 Å². The molecule has 0 aromatic heterocycles. The lowest BCUT2D eigenvalue weighted by molar-refractivity contribution is 0.191. The fourth-order valence-electron chi connectivity index (χ4n) is 3.36. The fourth-order valence-corrected chi connectivity index (χ4v) is 3.36. The Morgan fingerprint density at radius 2 is 2.00 bits per heavy atom. The van der Waals surface area contributed by atoms with Crippen LogP contribution in [0.2, 0.25) is 0 Å². The molecule has 100 valence electrons. The van der Waals surface area contributed by atoms with Gasteiger partial charge in [0.15, 0.2) is 0 Å². The van der Waals surface area contributed by atoms with Gasteiger partial charge in [0, 0.05) is 12.1 Å². The summed E-state index contributed by atoms with van der Waals surface area (Å²) in [5.41, 5.74) is 3.36. The van der Waals surface area contributed by atoms with E-state index >= 15 is 0 Å². The van der Waals surface area contributed by atoms with Crippen molar-refractivity contribution in [1.82, 2.24) is 5.32 Å². The lowest BCUT2D eigenvalue weighted by Gasteiger charge is -2.37. The lowest BCUT2D eigenvalue weighted by atomic mass is 9.75. The highest BCUT2D eigenvalue weighted by Crippen LogP contribution is 2.36. The van der Waals surface area contributed by atoms with Crippen LogP contribution in [0.15, 0.2) is 24.3 Å². The van der Waals surface area contributed by atoms with Gasteiger partial charge in [0.05, 0.1) is 0 Å². The van der Waals surface area contributed by atoms with Crippen LogP contribution >= 0.6 is 0 Å². The third kappa shape index (κ3) is 3.35. The highest BCUT2D eigenvalue weighted by molar-refractivity contribution is 5.28. The van der Waals surface area contributed by atoms with Crippen LogP contribution in [0.25, 0.3) is 0 Å². The van der Waals surface area contributed by atoms with Crippen LogP contribution in [0.3, 0.4) is 0 Å². The second-order valence-corrected chi connectivity index (χ2v) is 6.70. The van der Waals surface area contributed by atoms with Crippen LogP contribution in [-0.4, -0.2) is 6.04 Å². The molecule has 1 aliphatic carbocycles. The van der Waals surface area contributed by atoms with Crippen LogP contribution in [0.4, 0.5) is 0 Å². The van der Waals surface area contributed by atoms with E-state index in [1.807, 2.05) is 0 Å². The summed E-state index contributed by atoms with van der Waals surface area (Å²) in [5.74, 6) is 0. The SMILES string of the molecule is Cc1ccccc1[C@@H](C)NC1CCCC(C)(C)C1. The summed E-state index contributed by atoms with van der Waals surface area (Å²) in [6, 6.07) is 9.87. The van der Waals surface area contributed by atoms with Crippen molar-refractivity contribution in [3.63, 3.8) is 0 Å². The minimum absolute atomic E-state index is 0.463. The summed E-state index contributed by atoms with van der Waals surface area (Å²) < 4.78 is 0. The molecule has 0 bridgehead atoms. The van der Waals surface area contributed by atoms with E-state index in [1.54, 1.807) is 0 Å². The maximum absolute atomic E-state index is 3.83. The molecule has 1 unspecified atom stereocenters. The van der Waals surface area contributed by atoms with Gasteiger partial charge >= 0.3 is 0 Å². The molecule has 1 aromatic rings. The van der Waals surface area contributed by atoms with E-state index in [1.165, 1.54) is 36.8 Å². The topological polar surface area (TPSA) is 12.0 Å². The van der Waals surface area contributed by atoms with Crippen molar-refractivity contribution in [1.29, 1.82) is 0 Å². The molecule has 0 amide bonds. The molecule has 0 saturated heterocycles. The van der Waals surface area contributed by atoms with Crippen molar-refractivity contribution in [2.75, 3.05) is 0 Å². The maximum Gasteiger partial charge on any atom is 0.0296 e. The van der Waals surface area contributed by atoms with Crippen molar-refractivity contribution in [2.45, 2.75) is 65.5 Å². The smallest absolute Gasteiger partial charge is 0.0296 e. The lowest BCUT2D eigenvalue weighted by Crippen LogP contribution is -2.38. The minimum Gasteiger partial charge on any atom is -0.307 e. The van der Waals surface area contributed by atoms with Crippen molar-refractivity contribution in [2.24, 2.45) is 5.41 Å². The number of hydrogen-bond acceptors (Lipinski definition) is 1. The molecule has 1 heteroatoms. The summed E-state index contributed by atoms with van der Waals surface area (Å²) in [5, 5.41) is 3.83. The Labute approximate surface area is 112 Å². The Bertz CT molecular complexity index is 394. The molecule has 1 saturated carbocycles. The zero-order chi connectivity index (χ0) is 13.2. The van der Waals surface area contributed by atoms with Gasteiger partial charge in [0.25, 0.3) is 0 Å². The van der Waals surface area contributed by atoms with Gasteiger partial charge in [0.2, 0.25) is 0 Å². The first-order valence-electron chi connectivity index (χ1n) is 7.29. The number of aryl methyl sites for hydroxylation is 1. The standard InChI is InChI=1S/C17H27N/c1-13-8-5-6-10-16(13)14(2)18-15-9-7-11-17(3,4)12-15/h5-6,8,10,14-15,18H,7,9,11-12H2,1-4H3/t14-,15?/m1/s1. The first kappa shape index (κ1) is 13.6. The fraction of sp³-hybridized carbons (Fsp3) is 0.647. The molecule has 1 N–H and O–H groups in total. The molecule has 2 atom stereocenters. The van der Waals surface area contributed by atoms with Gasteiger partial charge in [-0.05, 0) is 49.7 Å². The Kier molecular flexibility index (Phi) is 4.11. The first-order valence-corrected chi connectivity index (χ1v) is 7.29.